The lowest BCUT2D eigenvalue weighted by molar-refractivity contribution is 0.661. The Morgan fingerprint density at radius 1 is 0.373 bits per heavy atom. The van der Waals surface area contributed by atoms with Crippen LogP contribution in [-0.2, 0) is 5.41 Å². The van der Waals surface area contributed by atoms with E-state index in [0.29, 0.717) is 0 Å². The van der Waals surface area contributed by atoms with Crippen LogP contribution in [0.5, 0.6) is 0 Å². The molecule has 2 heteroatoms. The first kappa shape index (κ1) is 28.5. The molecule has 0 bridgehead atoms. The molecule has 11 rings (SSSR count). The predicted octanol–water partition coefficient (Wildman–Crippen LogP) is 13.0. The molecule has 10 aromatic rings. The Kier molecular flexibility index (Phi) is 5.76. The zero-order chi connectivity index (χ0) is 33.8. The molecule has 51 heavy (non-hydrogen) atoms. The van der Waals surface area contributed by atoms with Crippen LogP contribution in [0.1, 0.15) is 25.0 Å². The maximum absolute atomic E-state index is 5.28. The second-order valence-corrected chi connectivity index (χ2v) is 14.5. The Bertz CT molecular complexity index is 3080. The molecule has 0 unspecified atom stereocenters. The number of hydrogen-bond donors (Lipinski definition) is 0. The van der Waals surface area contributed by atoms with Crippen molar-refractivity contribution in [2.75, 3.05) is 0 Å². The van der Waals surface area contributed by atoms with E-state index in [9.17, 15) is 0 Å². The first-order chi connectivity index (χ1) is 25.0. The van der Waals surface area contributed by atoms with Crippen molar-refractivity contribution < 1.29 is 0 Å². The third-order valence-electron chi connectivity index (χ3n) is 11.5. The summed E-state index contributed by atoms with van der Waals surface area (Å²) in [5, 5.41) is 12.6. The normalized spacial score (nSPS) is 13.5. The summed E-state index contributed by atoms with van der Waals surface area (Å²) >= 11 is 0. The highest BCUT2D eigenvalue weighted by Gasteiger charge is 2.36. The summed E-state index contributed by atoms with van der Waals surface area (Å²) < 4.78 is 0. The van der Waals surface area contributed by atoms with Gasteiger partial charge in [0.2, 0.25) is 0 Å². The molecule has 2 aromatic heterocycles. The first-order valence-electron chi connectivity index (χ1n) is 17.7. The van der Waals surface area contributed by atoms with E-state index in [1.54, 1.807) is 0 Å². The van der Waals surface area contributed by atoms with Crippen LogP contribution in [0.3, 0.4) is 0 Å². The van der Waals surface area contributed by atoms with E-state index < -0.39 is 0 Å². The molecule has 0 N–H and O–H groups in total. The van der Waals surface area contributed by atoms with Crippen molar-refractivity contribution in [1.29, 1.82) is 0 Å². The van der Waals surface area contributed by atoms with Gasteiger partial charge in [-0.15, -0.1) is 0 Å². The van der Waals surface area contributed by atoms with E-state index in [4.69, 9.17) is 9.97 Å². The van der Waals surface area contributed by atoms with Crippen molar-refractivity contribution in [1.82, 2.24) is 9.97 Å². The van der Waals surface area contributed by atoms with Crippen LogP contribution in [0.15, 0.2) is 158 Å². The standard InChI is InChI=1S/C49H32N2/c1-49(2)44-22-20-30(26-42(44)43-27-40-36-17-7-3-13-32(36)33-14-4-8-18-37(33)41(40)28-45(43)49)29-11-9-12-31(25-29)46-23-21-39-35-16-6-5-15-34(35)38-19-10-24-50-47(38)48(39)51-46/h3-28H,1-2H3. The summed E-state index contributed by atoms with van der Waals surface area (Å²) in [4.78, 5) is 10.1. The third kappa shape index (κ3) is 3.99. The lowest BCUT2D eigenvalue weighted by Crippen LogP contribution is -2.14. The molecule has 0 saturated heterocycles. The van der Waals surface area contributed by atoms with Gasteiger partial charge in [-0.3, -0.25) is 4.98 Å². The molecule has 1 aliphatic carbocycles. The van der Waals surface area contributed by atoms with Crippen molar-refractivity contribution in [3.05, 3.63) is 169 Å². The molecule has 0 aliphatic heterocycles. The molecule has 0 saturated carbocycles. The zero-order valence-corrected chi connectivity index (χ0v) is 28.4. The summed E-state index contributed by atoms with van der Waals surface area (Å²) in [5.74, 6) is 0. The fraction of sp³-hybridized carbons (Fsp3) is 0.0612. The SMILES string of the molecule is CC1(C)c2ccc(-c3cccc(-c4ccc5c6ccccc6c6cccnc6c5n4)c3)cc2-c2cc3c4ccccc4c4ccccc4c3cc21. The number of fused-ring (bicyclic) bond motifs is 15. The maximum atomic E-state index is 5.28. The van der Waals surface area contributed by atoms with Gasteiger partial charge in [-0.05, 0) is 119 Å². The summed E-state index contributed by atoms with van der Waals surface area (Å²) in [6.45, 7) is 4.75. The zero-order valence-electron chi connectivity index (χ0n) is 28.4. The highest BCUT2D eigenvalue weighted by Crippen LogP contribution is 2.52. The van der Waals surface area contributed by atoms with Crippen molar-refractivity contribution in [3.8, 4) is 33.5 Å². The van der Waals surface area contributed by atoms with Gasteiger partial charge >= 0.3 is 0 Å². The van der Waals surface area contributed by atoms with Gasteiger partial charge in [-0.1, -0.05) is 123 Å². The van der Waals surface area contributed by atoms with Crippen molar-refractivity contribution in [3.63, 3.8) is 0 Å². The Hall–Kier alpha value is -6.38. The van der Waals surface area contributed by atoms with Gasteiger partial charge in [0.25, 0.3) is 0 Å². The van der Waals surface area contributed by atoms with Gasteiger partial charge in [0.05, 0.1) is 16.7 Å². The second kappa shape index (κ2) is 10.3. The first-order valence-corrected chi connectivity index (χ1v) is 17.7. The van der Waals surface area contributed by atoms with E-state index in [1.165, 1.54) is 76.5 Å². The highest BCUT2D eigenvalue weighted by atomic mass is 14.8. The third-order valence-corrected chi connectivity index (χ3v) is 11.5. The maximum Gasteiger partial charge on any atom is 0.0978 e. The van der Waals surface area contributed by atoms with Gasteiger partial charge in [0.15, 0.2) is 0 Å². The van der Waals surface area contributed by atoms with Crippen molar-refractivity contribution in [2.45, 2.75) is 19.3 Å². The Morgan fingerprint density at radius 3 is 1.63 bits per heavy atom. The van der Waals surface area contributed by atoms with Gasteiger partial charge in [0.1, 0.15) is 0 Å². The number of benzene rings is 8. The minimum absolute atomic E-state index is 0.109. The molecule has 0 spiro atoms. The minimum atomic E-state index is -0.109. The van der Waals surface area contributed by atoms with Crippen LogP contribution >= 0.6 is 0 Å². The van der Waals surface area contributed by atoms with E-state index in [0.717, 1.165) is 33.1 Å². The molecule has 2 heterocycles. The van der Waals surface area contributed by atoms with Crippen molar-refractivity contribution >= 4 is 64.9 Å². The van der Waals surface area contributed by atoms with Gasteiger partial charge in [0, 0.05) is 27.9 Å². The molecule has 0 atom stereocenters. The number of rotatable bonds is 2. The van der Waals surface area contributed by atoms with Gasteiger partial charge < -0.3 is 0 Å². The Balaban J connectivity index is 1.07. The van der Waals surface area contributed by atoms with Gasteiger partial charge in [-0.25, -0.2) is 4.98 Å². The van der Waals surface area contributed by atoms with E-state index in [-0.39, 0.29) is 5.41 Å². The predicted molar refractivity (Wildman–Crippen MR) is 216 cm³/mol. The summed E-state index contributed by atoms with van der Waals surface area (Å²) in [6, 6.07) is 55.7. The Morgan fingerprint density at radius 2 is 0.922 bits per heavy atom. The summed E-state index contributed by atoms with van der Waals surface area (Å²) in [5.41, 5.74) is 11.6. The molecule has 2 nitrogen and oxygen atoms in total. The van der Waals surface area contributed by atoms with Crippen LogP contribution in [0, 0.1) is 0 Å². The van der Waals surface area contributed by atoms with Gasteiger partial charge in [-0.2, -0.15) is 0 Å². The highest BCUT2D eigenvalue weighted by molar-refractivity contribution is 6.26. The topological polar surface area (TPSA) is 25.8 Å². The van der Waals surface area contributed by atoms with Crippen LogP contribution < -0.4 is 0 Å². The molecular weight excluding hydrogens is 617 g/mol. The molecule has 8 aromatic carbocycles. The lowest BCUT2D eigenvalue weighted by atomic mass is 9.81. The lowest BCUT2D eigenvalue weighted by Gasteiger charge is -2.22. The Labute approximate surface area is 295 Å². The van der Waals surface area contributed by atoms with E-state index in [2.05, 4.69) is 159 Å². The number of hydrogen-bond acceptors (Lipinski definition) is 2. The number of aromatic nitrogens is 2. The van der Waals surface area contributed by atoms with E-state index in [1.807, 2.05) is 12.3 Å². The smallest absolute Gasteiger partial charge is 0.0978 e. The molecule has 0 fully saturated rings. The van der Waals surface area contributed by atoms with Crippen LogP contribution in [0.2, 0.25) is 0 Å². The number of nitrogens with zero attached hydrogens (tertiary/aromatic N) is 2. The molecular formula is C49H32N2. The fourth-order valence-electron chi connectivity index (χ4n) is 8.97. The van der Waals surface area contributed by atoms with Crippen LogP contribution in [0.25, 0.3) is 98.4 Å². The molecule has 238 valence electrons. The average molecular weight is 649 g/mol. The fourth-order valence-corrected chi connectivity index (χ4v) is 8.97. The van der Waals surface area contributed by atoms with E-state index >= 15 is 0 Å². The second-order valence-electron chi connectivity index (χ2n) is 14.5. The summed E-state index contributed by atoms with van der Waals surface area (Å²) in [7, 11) is 0. The monoisotopic (exact) mass is 648 g/mol. The number of pyridine rings is 2. The minimum Gasteiger partial charge on any atom is -0.254 e. The summed E-state index contributed by atoms with van der Waals surface area (Å²) in [6.07, 6.45) is 1.87. The largest absolute Gasteiger partial charge is 0.254 e. The molecule has 0 amide bonds. The van der Waals surface area contributed by atoms with Crippen LogP contribution in [0.4, 0.5) is 0 Å². The molecule has 0 radical (unpaired) electrons. The van der Waals surface area contributed by atoms with Crippen molar-refractivity contribution in [2.24, 2.45) is 0 Å². The van der Waals surface area contributed by atoms with Crippen LogP contribution in [-0.4, -0.2) is 9.97 Å². The average Bonchev–Trinajstić information content (AvgIpc) is 3.42. The molecule has 1 aliphatic rings. The quantitative estimate of drug-likeness (QED) is 0.174.